The van der Waals surface area contributed by atoms with Crippen LogP contribution in [0.15, 0.2) is 10.7 Å². The SMILES string of the molecule is Cn1cc(CN2CCC(O)C2)c(C(=O)NCc2noc3c2CCCC3)n1. The van der Waals surface area contributed by atoms with Gasteiger partial charge in [-0.25, -0.2) is 0 Å². The summed E-state index contributed by atoms with van der Waals surface area (Å²) in [5.41, 5.74) is 3.30. The van der Waals surface area contributed by atoms with Crippen LogP contribution in [0, 0.1) is 0 Å². The van der Waals surface area contributed by atoms with Crippen molar-refractivity contribution in [3.8, 4) is 0 Å². The van der Waals surface area contributed by atoms with Crippen molar-refractivity contribution in [3.63, 3.8) is 0 Å². The molecule has 4 rings (SSSR count). The molecule has 1 unspecified atom stereocenters. The fourth-order valence-corrected chi connectivity index (χ4v) is 3.88. The van der Waals surface area contributed by atoms with E-state index in [0.717, 1.165) is 61.2 Å². The van der Waals surface area contributed by atoms with Crippen molar-refractivity contribution in [2.45, 2.75) is 51.3 Å². The Morgan fingerprint density at radius 1 is 1.42 bits per heavy atom. The van der Waals surface area contributed by atoms with Gasteiger partial charge in [-0.2, -0.15) is 5.10 Å². The van der Waals surface area contributed by atoms with Crippen molar-refractivity contribution in [3.05, 3.63) is 34.5 Å². The second kappa shape index (κ2) is 7.20. The molecule has 2 N–H and O–H groups in total. The molecule has 0 spiro atoms. The summed E-state index contributed by atoms with van der Waals surface area (Å²) in [7, 11) is 1.81. The second-order valence-electron chi connectivity index (χ2n) is 7.28. The number of aliphatic hydroxyl groups excluding tert-OH is 1. The number of rotatable bonds is 5. The summed E-state index contributed by atoms with van der Waals surface area (Å²) >= 11 is 0. The standard InChI is InChI=1S/C18H25N5O3/c1-22-9-12(10-23-7-6-13(24)11-23)17(20-22)18(25)19-8-15-14-4-2-3-5-16(14)26-21-15/h9,13,24H,2-8,10-11H2,1H3,(H,19,25). The van der Waals surface area contributed by atoms with E-state index in [1.807, 2.05) is 13.2 Å². The van der Waals surface area contributed by atoms with Gasteiger partial charge in [0.15, 0.2) is 5.69 Å². The first-order chi connectivity index (χ1) is 12.6. The number of aromatic nitrogens is 3. The van der Waals surface area contributed by atoms with Crippen LogP contribution in [0.25, 0.3) is 0 Å². The van der Waals surface area contributed by atoms with Crippen molar-refractivity contribution >= 4 is 5.91 Å². The van der Waals surface area contributed by atoms with Crippen molar-refractivity contribution in [1.82, 2.24) is 25.2 Å². The van der Waals surface area contributed by atoms with E-state index in [-0.39, 0.29) is 12.0 Å². The molecule has 1 aliphatic heterocycles. The predicted octanol–water partition coefficient (Wildman–Crippen LogP) is 0.783. The fraction of sp³-hybridized carbons (Fsp3) is 0.611. The first kappa shape index (κ1) is 17.2. The minimum Gasteiger partial charge on any atom is -0.392 e. The number of fused-ring (bicyclic) bond motifs is 1. The minimum atomic E-state index is -0.276. The van der Waals surface area contributed by atoms with Gasteiger partial charge in [-0.15, -0.1) is 0 Å². The topological polar surface area (TPSA) is 96.4 Å². The van der Waals surface area contributed by atoms with E-state index >= 15 is 0 Å². The van der Waals surface area contributed by atoms with Crippen LogP contribution < -0.4 is 5.32 Å². The Kier molecular flexibility index (Phi) is 4.78. The van der Waals surface area contributed by atoms with Crippen molar-refractivity contribution in [2.75, 3.05) is 13.1 Å². The largest absolute Gasteiger partial charge is 0.392 e. The highest BCUT2D eigenvalue weighted by atomic mass is 16.5. The number of β-amino-alcohol motifs (C(OH)–C–C–N with tert-alkyl or cyclic N) is 1. The van der Waals surface area contributed by atoms with Crippen LogP contribution in [0.4, 0.5) is 0 Å². The molecule has 1 saturated heterocycles. The van der Waals surface area contributed by atoms with Gasteiger partial charge in [-0.3, -0.25) is 14.4 Å². The third kappa shape index (κ3) is 3.52. The van der Waals surface area contributed by atoms with Crippen LogP contribution in [0.5, 0.6) is 0 Å². The highest BCUT2D eigenvalue weighted by Gasteiger charge is 2.25. The molecule has 1 atom stereocenters. The van der Waals surface area contributed by atoms with E-state index in [2.05, 4.69) is 20.5 Å². The molecule has 140 valence electrons. The van der Waals surface area contributed by atoms with Gasteiger partial charge in [-0.1, -0.05) is 5.16 Å². The molecular weight excluding hydrogens is 334 g/mol. The fourth-order valence-electron chi connectivity index (χ4n) is 3.88. The van der Waals surface area contributed by atoms with Gasteiger partial charge in [-0.05, 0) is 25.7 Å². The molecular formula is C18H25N5O3. The highest BCUT2D eigenvalue weighted by molar-refractivity contribution is 5.93. The molecule has 8 heteroatoms. The molecule has 3 heterocycles. The highest BCUT2D eigenvalue weighted by Crippen LogP contribution is 2.24. The molecule has 0 radical (unpaired) electrons. The van der Waals surface area contributed by atoms with Gasteiger partial charge in [0.1, 0.15) is 11.5 Å². The normalized spacial score (nSPS) is 20.3. The lowest BCUT2D eigenvalue weighted by molar-refractivity contribution is 0.0942. The van der Waals surface area contributed by atoms with Crippen LogP contribution >= 0.6 is 0 Å². The van der Waals surface area contributed by atoms with Crippen LogP contribution in [0.2, 0.25) is 0 Å². The predicted molar refractivity (Wildman–Crippen MR) is 93.4 cm³/mol. The van der Waals surface area contributed by atoms with E-state index in [4.69, 9.17) is 4.52 Å². The number of hydrogen-bond donors (Lipinski definition) is 2. The zero-order valence-corrected chi connectivity index (χ0v) is 15.1. The summed E-state index contributed by atoms with van der Waals surface area (Å²) in [5.74, 6) is 0.763. The molecule has 1 fully saturated rings. The maximum Gasteiger partial charge on any atom is 0.272 e. The Balaban J connectivity index is 1.42. The average Bonchev–Trinajstić information content (AvgIpc) is 3.32. The van der Waals surface area contributed by atoms with Crippen molar-refractivity contribution < 1.29 is 14.4 Å². The summed E-state index contributed by atoms with van der Waals surface area (Å²) in [6.07, 6.45) is 6.55. The van der Waals surface area contributed by atoms with Crippen LogP contribution in [-0.4, -0.2) is 50.0 Å². The van der Waals surface area contributed by atoms with Gasteiger partial charge < -0.3 is 14.9 Å². The number of hydrogen-bond acceptors (Lipinski definition) is 6. The third-order valence-corrected chi connectivity index (χ3v) is 5.21. The van der Waals surface area contributed by atoms with E-state index in [0.29, 0.717) is 25.3 Å². The smallest absolute Gasteiger partial charge is 0.272 e. The molecule has 0 bridgehead atoms. The number of carbonyl (C=O) groups excluding carboxylic acids is 1. The lowest BCUT2D eigenvalue weighted by atomic mass is 9.96. The Labute approximate surface area is 152 Å². The van der Waals surface area contributed by atoms with Crippen LogP contribution in [-0.2, 0) is 33.0 Å². The molecule has 2 aromatic heterocycles. The van der Waals surface area contributed by atoms with Crippen molar-refractivity contribution in [2.24, 2.45) is 7.05 Å². The maximum atomic E-state index is 12.7. The molecule has 2 aromatic rings. The quantitative estimate of drug-likeness (QED) is 0.819. The van der Waals surface area contributed by atoms with Crippen molar-refractivity contribution in [1.29, 1.82) is 0 Å². The molecule has 26 heavy (non-hydrogen) atoms. The summed E-state index contributed by atoms with van der Waals surface area (Å²) < 4.78 is 7.06. The third-order valence-electron chi connectivity index (χ3n) is 5.21. The first-order valence-corrected chi connectivity index (χ1v) is 9.27. The molecule has 1 amide bonds. The van der Waals surface area contributed by atoms with Gasteiger partial charge in [0.25, 0.3) is 5.91 Å². The molecule has 8 nitrogen and oxygen atoms in total. The Morgan fingerprint density at radius 2 is 2.27 bits per heavy atom. The van der Waals surface area contributed by atoms with E-state index < -0.39 is 0 Å². The van der Waals surface area contributed by atoms with Gasteiger partial charge in [0.05, 0.1) is 12.6 Å². The maximum absolute atomic E-state index is 12.7. The Bertz CT molecular complexity index is 797. The second-order valence-corrected chi connectivity index (χ2v) is 7.28. The molecule has 0 saturated carbocycles. The molecule has 0 aromatic carbocycles. The van der Waals surface area contributed by atoms with E-state index in [1.54, 1.807) is 4.68 Å². The number of aryl methyl sites for hydroxylation is 2. The van der Waals surface area contributed by atoms with E-state index in [1.165, 1.54) is 0 Å². The first-order valence-electron chi connectivity index (χ1n) is 9.27. The number of likely N-dealkylation sites (tertiary alicyclic amines) is 1. The Hall–Kier alpha value is -2.19. The number of carbonyl (C=O) groups is 1. The molecule has 1 aliphatic carbocycles. The van der Waals surface area contributed by atoms with Gasteiger partial charge in [0, 0.05) is 50.4 Å². The van der Waals surface area contributed by atoms with Gasteiger partial charge >= 0.3 is 0 Å². The zero-order valence-electron chi connectivity index (χ0n) is 15.1. The van der Waals surface area contributed by atoms with Gasteiger partial charge in [0.2, 0.25) is 0 Å². The van der Waals surface area contributed by atoms with Crippen LogP contribution in [0.3, 0.4) is 0 Å². The lowest BCUT2D eigenvalue weighted by Gasteiger charge is -2.14. The summed E-state index contributed by atoms with van der Waals surface area (Å²) in [5, 5.41) is 21.1. The summed E-state index contributed by atoms with van der Waals surface area (Å²) in [4.78, 5) is 14.8. The monoisotopic (exact) mass is 359 g/mol. The lowest BCUT2D eigenvalue weighted by Crippen LogP contribution is -2.27. The minimum absolute atomic E-state index is 0.201. The van der Waals surface area contributed by atoms with Crippen LogP contribution in [0.1, 0.15) is 52.3 Å². The number of nitrogens with zero attached hydrogens (tertiary/aromatic N) is 4. The Morgan fingerprint density at radius 3 is 3.08 bits per heavy atom. The summed E-state index contributed by atoms with van der Waals surface area (Å²) in [6.45, 7) is 2.45. The molecule has 2 aliphatic rings. The average molecular weight is 359 g/mol. The summed E-state index contributed by atoms with van der Waals surface area (Å²) in [6, 6.07) is 0. The number of nitrogens with one attached hydrogen (secondary N) is 1. The number of amides is 1. The number of aliphatic hydroxyl groups is 1. The zero-order chi connectivity index (χ0) is 18.1. The van der Waals surface area contributed by atoms with E-state index in [9.17, 15) is 9.90 Å².